The van der Waals surface area contributed by atoms with Gasteiger partial charge in [0.1, 0.15) is 0 Å². The molecule has 6 heteroatoms. The lowest BCUT2D eigenvalue weighted by molar-refractivity contribution is -0.885. The number of hydrogen-bond acceptors (Lipinski definition) is 3. The van der Waals surface area contributed by atoms with E-state index < -0.39 is 0 Å². The molecule has 0 saturated carbocycles. The van der Waals surface area contributed by atoms with Gasteiger partial charge in [0.05, 0.1) is 7.05 Å². The molecule has 1 aromatic carbocycles. The number of aryl methyl sites for hydroxylation is 3. The molecule has 1 unspecified atom stereocenters. The van der Waals surface area contributed by atoms with Gasteiger partial charge in [0.2, 0.25) is 0 Å². The molecule has 2 rings (SSSR count). The van der Waals surface area contributed by atoms with Crippen molar-refractivity contribution in [3.63, 3.8) is 0 Å². The Morgan fingerprint density at radius 1 is 1.19 bits per heavy atom. The average molecular weight is 389 g/mol. The van der Waals surface area contributed by atoms with Crippen molar-refractivity contribution in [3.8, 4) is 0 Å². The molecular weight excluding hydrogens is 358 g/mol. The minimum atomic E-state index is -0.292. The molecule has 1 heterocycles. The van der Waals surface area contributed by atoms with Crippen LogP contribution in [0.2, 0.25) is 0 Å². The van der Waals surface area contributed by atoms with E-state index in [4.69, 9.17) is 0 Å². The number of carbonyl (C=O) groups is 2. The first-order valence-electron chi connectivity index (χ1n) is 9.28. The first-order valence-corrected chi connectivity index (χ1v) is 10.2. The van der Waals surface area contributed by atoms with E-state index in [1.165, 1.54) is 10.4 Å². The predicted molar refractivity (Wildman–Crippen MR) is 112 cm³/mol. The number of amides is 2. The highest BCUT2D eigenvalue weighted by atomic mass is 32.1. The molecule has 2 aromatic rings. The quantitative estimate of drug-likeness (QED) is 0.647. The monoisotopic (exact) mass is 388 g/mol. The third-order valence-corrected chi connectivity index (χ3v) is 5.70. The van der Waals surface area contributed by atoms with Gasteiger partial charge in [-0.25, -0.2) is 0 Å². The van der Waals surface area contributed by atoms with Crippen LogP contribution in [-0.2, 0) is 16.0 Å². The molecule has 2 amide bonds. The molecule has 0 aliphatic heterocycles. The molecule has 0 fully saturated rings. The molecule has 2 atom stereocenters. The molecule has 0 radical (unpaired) electrons. The predicted octanol–water partition coefficient (Wildman–Crippen LogP) is 1.87. The standard InChI is InChI=1S/C21H29N3O2S/c1-14-11-15(2)20(16(3)12-14)23-19(25)13-24(5)17(4)21(26)22-9-8-18-7-6-10-27-18/h6-7,10-12,17H,8-9,13H2,1-5H3,(H,22,26)(H,23,25)/p+1/t17-/m0/s1. The van der Waals surface area contributed by atoms with Crippen LogP contribution in [0.3, 0.4) is 0 Å². The van der Waals surface area contributed by atoms with Crippen LogP contribution in [-0.4, -0.2) is 38.0 Å². The highest BCUT2D eigenvalue weighted by Crippen LogP contribution is 2.21. The van der Waals surface area contributed by atoms with Crippen LogP contribution in [0.15, 0.2) is 29.6 Å². The Labute approximate surface area is 165 Å². The Morgan fingerprint density at radius 3 is 2.44 bits per heavy atom. The van der Waals surface area contributed by atoms with E-state index in [1.807, 2.05) is 46.2 Å². The Bertz CT molecular complexity index is 764. The van der Waals surface area contributed by atoms with Crippen LogP contribution in [0, 0.1) is 20.8 Å². The van der Waals surface area contributed by atoms with E-state index in [9.17, 15) is 9.59 Å². The molecular formula is C21H30N3O2S+. The fourth-order valence-corrected chi connectivity index (χ4v) is 3.82. The molecule has 5 nitrogen and oxygen atoms in total. The minimum absolute atomic E-state index is 0.0282. The first kappa shape index (κ1) is 21.1. The Hall–Kier alpha value is -2.18. The second-order valence-electron chi connectivity index (χ2n) is 7.19. The van der Waals surface area contributed by atoms with Crippen molar-refractivity contribution in [3.05, 3.63) is 51.2 Å². The number of quaternary nitrogens is 1. The third kappa shape index (κ3) is 6.19. The van der Waals surface area contributed by atoms with Gasteiger partial charge < -0.3 is 15.5 Å². The van der Waals surface area contributed by atoms with Gasteiger partial charge in [0, 0.05) is 17.1 Å². The van der Waals surface area contributed by atoms with Crippen molar-refractivity contribution in [2.45, 2.75) is 40.2 Å². The molecule has 3 N–H and O–H groups in total. The molecule has 0 saturated heterocycles. The largest absolute Gasteiger partial charge is 0.351 e. The lowest BCUT2D eigenvalue weighted by atomic mass is 10.1. The number of carbonyl (C=O) groups excluding carboxylic acids is 2. The Morgan fingerprint density at radius 2 is 1.85 bits per heavy atom. The summed E-state index contributed by atoms with van der Waals surface area (Å²) in [6, 6.07) is 7.90. The molecule has 146 valence electrons. The van der Waals surface area contributed by atoms with Crippen molar-refractivity contribution >= 4 is 28.8 Å². The minimum Gasteiger partial charge on any atom is -0.351 e. The van der Waals surface area contributed by atoms with Crippen molar-refractivity contribution in [1.82, 2.24) is 5.32 Å². The molecule has 27 heavy (non-hydrogen) atoms. The van der Waals surface area contributed by atoms with E-state index in [2.05, 4.69) is 28.8 Å². The summed E-state index contributed by atoms with van der Waals surface area (Å²) in [6.07, 6.45) is 0.835. The second kappa shape index (κ2) is 9.67. The number of nitrogens with one attached hydrogen (secondary N) is 3. The van der Waals surface area contributed by atoms with Crippen molar-refractivity contribution in [2.24, 2.45) is 0 Å². The van der Waals surface area contributed by atoms with Gasteiger partial charge in [-0.1, -0.05) is 23.8 Å². The molecule has 0 aliphatic carbocycles. The molecule has 0 bridgehead atoms. The zero-order chi connectivity index (χ0) is 20.0. The van der Waals surface area contributed by atoms with Gasteiger partial charge in [-0.05, 0) is 56.7 Å². The van der Waals surface area contributed by atoms with E-state index >= 15 is 0 Å². The van der Waals surface area contributed by atoms with Gasteiger partial charge in [0.25, 0.3) is 11.8 Å². The summed E-state index contributed by atoms with van der Waals surface area (Å²) in [5, 5.41) is 8.00. The van der Waals surface area contributed by atoms with Gasteiger partial charge in [-0.2, -0.15) is 0 Å². The topological polar surface area (TPSA) is 62.6 Å². The second-order valence-corrected chi connectivity index (χ2v) is 8.22. The van der Waals surface area contributed by atoms with E-state index in [-0.39, 0.29) is 24.4 Å². The summed E-state index contributed by atoms with van der Waals surface area (Å²) < 4.78 is 0. The Balaban J connectivity index is 1.83. The van der Waals surface area contributed by atoms with Crippen LogP contribution < -0.4 is 15.5 Å². The fourth-order valence-electron chi connectivity index (χ4n) is 3.11. The van der Waals surface area contributed by atoms with Crippen molar-refractivity contribution < 1.29 is 14.5 Å². The number of likely N-dealkylation sites (N-methyl/N-ethyl adjacent to an activating group) is 1. The van der Waals surface area contributed by atoms with Crippen LogP contribution in [0.25, 0.3) is 0 Å². The number of hydrogen-bond donors (Lipinski definition) is 3. The number of rotatable bonds is 8. The average Bonchev–Trinajstić information content (AvgIpc) is 3.10. The maximum atomic E-state index is 12.4. The lowest BCUT2D eigenvalue weighted by Gasteiger charge is -2.21. The van der Waals surface area contributed by atoms with Crippen LogP contribution in [0.1, 0.15) is 28.5 Å². The molecule has 0 spiro atoms. The van der Waals surface area contributed by atoms with Gasteiger partial charge in [-0.3, -0.25) is 9.59 Å². The number of thiophene rings is 1. The van der Waals surface area contributed by atoms with Gasteiger partial charge in [-0.15, -0.1) is 11.3 Å². The number of benzene rings is 1. The van der Waals surface area contributed by atoms with Gasteiger partial charge >= 0.3 is 0 Å². The van der Waals surface area contributed by atoms with Crippen molar-refractivity contribution in [1.29, 1.82) is 0 Å². The summed E-state index contributed by atoms with van der Waals surface area (Å²) in [7, 11) is 1.87. The van der Waals surface area contributed by atoms with Crippen LogP contribution in [0.5, 0.6) is 0 Å². The maximum absolute atomic E-state index is 12.4. The summed E-state index contributed by atoms with van der Waals surface area (Å²) in [5.74, 6) is -0.111. The summed E-state index contributed by atoms with van der Waals surface area (Å²) in [4.78, 5) is 26.9. The maximum Gasteiger partial charge on any atom is 0.279 e. The SMILES string of the molecule is Cc1cc(C)c(NC(=O)C[NH+](C)[C@@H](C)C(=O)NCCc2cccs2)c(C)c1. The zero-order valence-electron chi connectivity index (χ0n) is 16.8. The highest BCUT2D eigenvalue weighted by molar-refractivity contribution is 7.09. The van der Waals surface area contributed by atoms with E-state index in [0.29, 0.717) is 6.54 Å². The fraction of sp³-hybridized carbons (Fsp3) is 0.429. The number of anilines is 1. The van der Waals surface area contributed by atoms with E-state index in [1.54, 1.807) is 11.3 Å². The summed E-state index contributed by atoms with van der Waals surface area (Å²) in [6.45, 7) is 8.75. The van der Waals surface area contributed by atoms with Crippen LogP contribution >= 0.6 is 11.3 Å². The molecule has 1 aromatic heterocycles. The van der Waals surface area contributed by atoms with Crippen molar-refractivity contribution in [2.75, 3.05) is 25.5 Å². The Kier molecular flexibility index (Phi) is 7.56. The van der Waals surface area contributed by atoms with Crippen LogP contribution in [0.4, 0.5) is 5.69 Å². The summed E-state index contributed by atoms with van der Waals surface area (Å²) in [5.41, 5.74) is 4.15. The lowest BCUT2D eigenvalue weighted by Crippen LogP contribution is -3.15. The van der Waals surface area contributed by atoms with Gasteiger partial charge in [0.15, 0.2) is 12.6 Å². The van der Waals surface area contributed by atoms with E-state index in [0.717, 1.165) is 28.1 Å². The highest BCUT2D eigenvalue weighted by Gasteiger charge is 2.24. The smallest absolute Gasteiger partial charge is 0.279 e. The normalized spacial score (nSPS) is 13.1. The summed E-state index contributed by atoms with van der Waals surface area (Å²) >= 11 is 1.69. The molecule has 0 aliphatic rings. The third-order valence-electron chi connectivity index (χ3n) is 4.76. The zero-order valence-corrected chi connectivity index (χ0v) is 17.6. The first-order chi connectivity index (χ1) is 12.8.